The largest absolute Gasteiger partial charge is 0.312 e. The highest BCUT2D eigenvalue weighted by atomic mass is 32.1. The smallest absolute Gasteiger partial charge is 0.0794 e. The number of hydrogen-bond acceptors (Lipinski definition) is 4. The van der Waals surface area contributed by atoms with Crippen LogP contribution in [0.15, 0.2) is 11.7 Å². The number of rotatable bonds is 7. The van der Waals surface area contributed by atoms with Gasteiger partial charge in [-0.15, -0.1) is 11.3 Å². The summed E-state index contributed by atoms with van der Waals surface area (Å²) in [4.78, 5) is 5.30. The van der Waals surface area contributed by atoms with Gasteiger partial charge < -0.3 is 5.32 Å². The molecular formula is C12H19N3S. The monoisotopic (exact) mass is 237 g/mol. The molecule has 0 saturated heterocycles. The van der Waals surface area contributed by atoms with Crippen LogP contribution in [-0.2, 0) is 6.54 Å². The Bertz CT molecular complexity index is 325. The predicted molar refractivity (Wildman–Crippen MR) is 67.1 cm³/mol. The Labute approximate surface area is 102 Å². The fourth-order valence-corrected chi connectivity index (χ4v) is 1.98. The number of aromatic nitrogens is 1. The van der Waals surface area contributed by atoms with E-state index in [2.05, 4.69) is 16.4 Å². The Balaban J connectivity index is 1.99. The lowest BCUT2D eigenvalue weighted by Gasteiger charge is -2.14. The third-order valence-corrected chi connectivity index (χ3v) is 3.27. The number of hydrogen-bond donors (Lipinski definition) is 1. The minimum atomic E-state index is -0.169. The van der Waals surface area contributed by atoms with Crippen molar-refractivity contribution in [1.82, 2.24) is 10.3 Å². The van der Waals surface area contributed by atoms with Gasteiger partial charge in [0.1, 0.15) is 0 Å². The van der Waals surface area contributed by atoms with Crippen LogP contribution in [0.25, 0.3) is 0 Å². The second kappa shape index (κ2) is 6.62. The molecule has 0 spiro atoms. The van der Waals surface area contributed by atoms with Gasteiger partial charge in [0.05, 0.1) is 17.0 Å². The predicted octanol–water partition coefficient (Wildman–Crippen LogP) is 2.95. The van der Waals surface area contributed by atoms with Crippen LogP contribution in [0, 0.1) is 16.7 Å². The number of nitrogens with zero attached hydrogens (tertiary/aromatic N) is 2. The molecule has 16 heavy (non-hydrogen) atoms. The van der Waals surface area contributed by atoms with Crippen LogP contribution >= 0.6 is 11.3 Å². The van der Waals surface area contributed by atoms with Crippen LogP contribution in [0.5, 0.6) is 0 Å². The van der Waals surface area contributed by atoms with Crippen molar-refractivity contribution < 1.29 is 0 Å². The van der Waals surface area contributed by atoms with Crippen molar-refractivity contribution in [2.24, 2.45) is 5.41 Å². The van der Waals surface area contributed by atoms with E-state index >= 15 is 0 Å². The van der Waals surface area contributed by atoms with E-state index in [1.807, 2.05) is 25.6 Å². The molecule has 0 fully saturated rings. The van der Waals surface area contributed by atoms with E-state index < -0.39 is 0 Å². The summed E-state index contributed by atoms with van der Waals surface area (Å²) in [7, 11) is 0. The summed E-state index contributed by atoms with van der Waals surface area (Å²) in [6, 6.07) is 2.33. The molecule has 0 radical (unpaired) electrons. The Kier molecular flexibility index (Phi) is 5.44. The quantitative estimate of drug-likeness (QED) is 0.742. The van der Waals surface area contributed by atoms with Crippen molar-refractivity contribution in [3.05, 3.63) is 16.6 Å². The van der Waals surface area contributed by atoms with Gasteiger partial charge in [-0.3, -0.25) is 4.98 Å². The summed E-state index contributed by atoms with van der Waals surface area (Å²) in [5, 5.41) is 12.2. The Morgan fingerprint density at radius 2 is 2.31 bits per heavy atom. The van der Waals surface area contributed by atoms with Crippen LogP contribution < -0.4 is 5.32 Å². The van der Waals surface area contributed by atoms with Crippen LogP contribution in [-0.4, -0.2) is 11.5 Å². The summed E-state index contributed by atoms with van der Waals surface area (Å²) in [5.41, 5.74) is 1.68. The third-order valence-electron chi connectivity index (χ3n) is 2.49. The fourth-order valence-electron chi connectivity index (χ4n) is 1.41. The van der Waals surface area contributed by atoms with Gasteiger partial charge in [-0.25, -0.2) is 0 Å². The van der Waals surface area contributed by atoms with Crippen molar-refractivity contribution >= 4 is 11.3 Å². The lowest BCUT2D eigenvalue weighted by Crippen LogP contribution is -2.15. The van der Waals surface area contributed by atoms with E-state index in [0.717, 1.165) is 32.4 Å². The first-order valence-corrected chi connectivity index (χ1v) is 6.51. The molecule has 1 N–H and O–H groups in total. The molecule has 1 aromatic rings. The normalized spacial score (nSPS) is 11.3. The number of nitrogens with one attached hydrogen (secondary N) is 1. The van der Waals surface area contributed by atoms with Crippen molar-refractivity contribution in [1.29, 1.82) is 5.26 Å². The maximum atomic E-state index is 8.85. The topological polar surface area (TPSA) is 48.7 Å². The van der Waals surface area contributed by atoms with Crippen molar-refractivity contribution in [3.8, 4) is 6.07 Å². The highest BCUT2D eigenvalue weighted by molar-refractivity contribution is 7.09. The van der Waals surface area contributed by atoms with Crippen LogP contribution in [0.4, 0.5) is 0 Å². The molecule has 0 saturated carbocycles. The summed E-state index contributed by atoms with van der Waals surface area (Å²) >= 11 is 1.68. The lowest BCUT2D eigenvalue weighted by molar-refractivity contribution is 0.422. The molecule has 0 bridgehead atoms. The Morgan fingerprint density at radius 3 is 2.94 bits per heavy atom. The van der Waals surface area contributed by atoms with Gasteiger partial charge in [0, 0.05) is 17.6 Å². The molecule has 0 amide bonds. The van der Waals surface area contributed by atoms with Gasteiger partial charge in [0.25, 0.3) is 0 Å². The summed E-state index contributed by atoms with van der Waals surface area (Å²) in [6.07, 6.45) is 5.11. The zero-order valence-corrected chi connectivity index (χ0v) is 10.8. The molecule has 4 heteroatoms. The van der Waals surface area contributed by atoms with Gasteiger partial charge in [0.2, 0.25) is 0 Å². The maximum Gasteiger partial charge on any atom is 0.0794 e. The van der Waals surface area contributed by atoms with Gasteiger partial charge in [-0.05, 0) is 33.2 Å². The van der Waals surface area contributed by atoms with Gasteiger partial charge in [-0.2, -0.15) is 5.26 Å². The molecule has 1 aromatic heterocycles. The molecular weight excluding hydrogens is 218 g/mol. The van der Waals surface area contributed by atoms with E-state index in [-0.39, 0.29) is 5.41 Å². The van der Waals surface area contributed by atoms with Crippen LogP contribution in [0.3, 0.4) is 0 Å². The van der Waals surface area contributed by atoms with Crippen molar-refractivity contribution in [3.63, 3.8) is 0 Å². The number of unbranched alkanes of at least 4 members (excludes halogenated alkanes) is 1. The third kappa shape index (κ3) is 5.24. The first-order valence-electron chi connectivity index (χ1n) is 5.63. The second-order valence-electron chi connectivity index (χ2n) is 4.60. The standard InChI is InChI=1S/C12H19N3S/c1-12(2,9-13)5-3-4-6-14-7-11-8-15-10-16-11/h8,10,14H,3-7H2,1-2H3. The molecule has 0 aliphatic rings. The number of nitriles is 1. The molecule has 0 atom stereocenters. The lowest BCUT2D eigenvalue weighted by atomic mass is 9.89. The van der Waals surface area contributed by atoms with Gasteiger partial charge in [-0.1, -0.05) is 6.42 Å². The Morgan fingerprint density at radius 1 is 1.50 bits per heavy atom. The van der Waals surface area contributed by atoms with Crippen LogP contribution in [0.2, 0.25) is 0 Å². The van der Waals surface area contributed by atoms with E-state index in [1.54, 1.807) is 11.3 Å². The van der Waals surface area contributed by atoms with E-state index in [0.29, 0.717) is 0 Å². The molecule has 1 rings (SSSR count). The molecule has 1 heterocycles. The molecule has 88 valence electrons. The summed E-state index contributed by atoms with van der Waals surface area (Å²) in [6.45, 7) is 5.92. The van der Waals surface area contributed by atoms with E-state index in [4.69, 9.17) is 5.26 Å². The molecule has 0 aliphatic heterocycles. The maximum absolute atomic E-state index is 8.85. The molecule has 0 unspecified atom stereocenters. The summed E-state index contributed by atoms with van der Waals surface area (Å²) in [5.74, 6) is 0. The molecule has 3 nitrogen and oxygen atoms in total. The van der Waals surface area contributed by atoms with Crippen molar-refractivity contribution in [2.75, 3.05) is 6.54 Å². The average Bonchev–Trinajstić information content (AvgIpc) is 2.76. The fraction of sp³-hybridized carbons (Fsp3) is 0.667. The molecule has 0 aliphatic carbocycles. The average molecular weight is 237 g/mol. The van der Waals surface area contributed by atoms with E-state index in [1.165, 1.54) is 4.88 Å². The van der Waals surface area contributed by atoms with Crippen molar-refractivity contribution in [2.45, 2.75) is 39.7 Å². The second-order valence-corrected chi connectivity index (χ2v) is 5.57. The van der Waals surface area contributed by atoms with Gasteiger partial charge in [0.15, 0.2) is 0 Å². The zero-order valence-electron chi connectivity index (χ0n) is 9.99. The highest BCUT2D eigenvalue weighted by Gasteiger charge is 2.15. The SMILES string of the molecule is CC(C)(C#N)CCCCNCc1cncs1. The Hall–Kier alpha value is -0.920. The minimum Gasteiger partial charge on any atom is -0.312 e. The first-order chi connectivity index (χ1) is 7.64. The minimum absolute atomic E-state index is 0.169. The molecule has 0 aromatic carbocycles. The van der Waals surface area contributed by atoms with E-state index in [9.17, 15) is 0 Å². The van der Waals surface area contributed by atoms with Crippen LogP contribution in [0.1, 0.15) is 38.0 Å². The first kappa shape index (κ1) is 13.1. The number of thiazole rings is 1. The summed E-state index contributed by atoms with van der Waals surface area (Å²) < 4.78 is 0. The highest BCUT2D eigenvalue weighted by Crippen LogP contribution is 2.21. The zero-order chi connectivity index (χ0) is 11.9. The van der Waals surface area contributed by atoms with Gasteiger partial charge >= 0.3 is 0 Å².